The molecule has 0 bridgehead atoms. The Morgan fingerprint density at radius 1 is 1.33 bits per heavy atom. The third-order valence-electron chi connectivity index (χ3n) is 2.27. The van der Waals surface area contributed by atoms with Crippen molar-refractivity contribution in [1.82, 2.24) is 19.9 Å². The van der Waals surface area contributed by atoms with Crippen molar-refractivity contribution >= 4 is 34.8 Å². The van der Waals surface area contributed by atoms with E-state index in [2.05, 4.69) is 37.5 Å². The van der Waals surface area contributed by atoms with Crippen molar-refractivity contribution in [2.75, 3.05) is 24.2 Å². The summed E-state index contributed by atoms with van der Waals surface area (Å²) in [4.78, 5) is 16.3. The van der Waals surface area contributed by atoms with E-state index in [4.69, 9.17) is 11.6 Å². The van der Waals surface area contributed by atoms with E-state index in [1.165, 1.54) is 0 Å². The van der Waals surface area contributed by atoms with Crippen LogP contribution < -0.4 is 10.6 Å². The number of thiazole rings is 1. The lowest BCUT2D eigenvalue weighted by Gasteiger charge is -2.10. The monoisotopic (exact) mass is 284 g/mol. The number of rotatable bonds is 5. The van der Waals surface area contributed by atoms with Gasteiger partial charge in [0.15, 0.2) is 0 Å². The van der Waals surface area contributed by atoms with E-state index in [0.29, 0.717) is 24.4 Å². The molecule has 1 atom stereocenters. The van der Waals surface area contributed by atoms with Crippen molar-refractivity contribution < 1.29 is 0 Å². The van der Waals surface area contributed by atoms with Crippen molar-refractivity contribution in [3.05, 3.63) is 21.9 Å². The number of halogens is 1. The van der Waals surface area contributed by atoms with Gasteiger partial charge in [0.2, 0.25) is 17.2 Å². The van der Waals surface area contributed by atoms with E-state index in [0.717, 1.165) is 5.01 Å². The maximum absolute atomic E-state index is 5.79. The van der Waals surface area contributed by atoms with E-state index < -0.39 is 0 Å². The molecule has 0 saturated carbocycles. The molecule has 2 aromatic heterocycles. The molecule has 0 radical (unpaired) electrons. The quantitative estimate of drug-likeness (QED) is 0.877. The Hall–Kier alpha value is -1.47. The third-order valence-corrected chi connectivity index (χ3v) is 3.45. The van der Waals surface area contributed by atoms with E-state index in [1.54, 1.807) is 24.6 Å². The standard InChI is InChI=1S/C10H13ClN6S/c1-6(7-13-3-4-18-7)5-14-10-16-8(11)15-9(12-2)17-10/h3-4,6H,5H2,1-2H3,(H2,12,14,15,16,17). The lowest BCUT2D eigenvalue weighted by molar-refractivity contribution is 0.786. The predicted molar refractivity (Wildman–Crippen MR) is 73.4 cm³/mol. The van der Waals surface area contributed by atoms with Crippen LogP contribution in [0.3, 0.4) is 0 Å². The lowest BCUT2D eigenvalue weighted by Crippen LogP contribution is -2.13. The normalized spacial score (nSPS) is 12.2. The SMILES string of the molecule is CNc1nc(Cl)nc(NCC(C)c2nccs2)n1. The summed E-state index contributed by atoms with van der Waals surface area (Å²) in [6.07, 6.45) is 1.80. The molecule has 2 N–H and O–H groups in total. The van der Waals surface area contributed by atoms with Crippen molar-refractivity contribution in [2.45, 2.75) is 12.8 Å². The van der Waals surface area contributed by atoms with Crippen molar-refractivity contribution in [1.29, 1.82) is 0 Å². The van der Waals surface area contributed by atoms with E-state index in [9.17, 15) is 0 Å². The first-order valence-electron chi connectivity index (χ1n) is 5.41. The summed E-state index contributed by atoms with van der Waals surface area (Å²) >= 11 is 7.43. The minimum absolute atomic E-state index is 0.166. The Bertz CT molecular complexity index is 503. The van der Waals surface area contributed by atoms with Gasteiger partial charge in [-0.15, -0.1) is 11.3 Å². The molecule has 0 fully saturated rings. The van der Waals surface area contributed by atoms with Crippen LogP contribution in [0.5, 0.6) is 0 Å². The van der Waals surface area contributed by atoms with Crippen LogP contribution in [-0.4, -0.2) is 33.5 Å². The highest BCUT2D eigenvalue weighted by Gasteiger charge is 2.09. The van der Waals surface area contributed by atoms with Crippen LogP contribution in [0.25, 0.3) is 0 Å². The first-order valence-corrected chi connectivity index (χ1v) is 6.67. The van der Waals surface area contributed by atoms with Crippen molar-refractivity contribution in [3.8, 4) is 0 Å². The summed E-state index contributed by atoms with van der Waals surface area (Å²) in [5.74, 6) is 1.20. The topological polar surface area (TPSA) is 75.6 Å². The maximum atomic E-state index is 5.79. The van der Waals surface area contributed by atoms with E-state index in [1.807, 2.05) is 5.38 Å². The number of hydrogen-bond donors (Lipinski definition) is 2. The van der Waals surface area contributed by atoms with Crippen LogP contribution >= 0.6 is 22.9 Å². The van der Waals surface area contributed by atoms with Gasteiger partial charge in [-0.25, -0.2) is 4.98 Å². The molecule has 1 unspecified atom stereocenters. The average Bonchev–Trinajstić information content (AvgIpc) is 2.89. The van der Waals surface area contributed by atoms with Gasteiger partial charge in [-0.3, -0.25) is 0 Å². The van der Waals surface area contributed by atoms with Gasteiger partial charge in [0.25, 0.3) is 0 Å². The number of nitrogens with one attached hydrogen (secondary N) is 2. The Balaban J connectivity index is 1.99. The van der Waals surface area contributed by atoms with E-state index in [-0.39, 0.29) is 5.28 Å². The molecule has 0 spiro atoms. The molecule has 18 heavy (non-hydrogen) atoms. The second-order valence-electron chi connectivity index (χ2n) is 3.65. The van der Waals surface area contributed by atoms with Gasteiger partial charge in [0.1, 0.15) is 0 Å². The Kier molecular flexibility index (Phi) is 4.27. The fourth-order valence-electron chi connectivity index (χ4n) is 1.35. The van der Waals surface area contributed by atoms with Crippen LogP contribution in [0.4, 0.5) is 11.9 Å². The fourth-order valence-corrected chi connectivity index (χ4v) is 2.21. The lowest BCUT2D eigenvalue weighted by atomic mass is 10.2. The van der Waals surface area contributed by atoms with E-state index >= 15 is 0 Å². The third kappa shape index (κ3) is 3.27. The van der Waals surface area contributed by atoms with Gasteiger partial charge in [-0.05, 0) is 11.6 Å². The maximum Gasteiger partial charge on any atom is 0.228 e. The molecule has 0 saturated heterocycles. The molecule has 0 aliphatic heterocycles. The summed E-state index contributed by atoms with van der Waals surface area (Å²) in [5.41, 5.74) is 0. The van der Waals surface area contributed by atoms with Gasteiger partial charge in [0.05, 0.1) is 5.01 Å². The number of anilines is 2. The molecule has 2 rings (SSSR count). The molecule has 8 heteroatoms. The largest absolute Gasteiger partial charge is 0.357 e. The molecule has 96 valence electrons. The highest BCUT2D eigenvalue weighted by atomic mass is 35.5. The zero-order chi connectivity index (χ0) is 13.0. The van der Waals surface area contributed by atoms with Gasteiger partial charge >= 0.3 is 0 Å². The Morgan fingerprint density at radius 2 is 2.11 bits per heavy atom. The van der Waals surface area contributed by atoms with Gasteiger partial charge in [0, 0.05) is 31.1 Å². The fraction of sp³-hybridized carbons (Fsp3) is 0.400. The summed E-state index contributed by atoms with van der Waals surface area (Å²) < 4.78 is 0. The van der Waals surface area contributed by atoms with Gasteiger partial charge in [-0.2, -0.15) is 15.0 Å². The second kappa shape index (κ2) is 5.92. The zero-order valence-electron chi connectivity index (χ0n) is 10.0. The minimum Gasteiger partial charge on any atom is -0.357 e. The summed E-state index contributed by atoms with van der Waals surface area (Å²) in [6, 6.07) is 0. The van der Waals surface area contributed by atoms with Gasteiger partial charge < -0.3 is 10.6 Å². The first kappa shape index (κ1) is 13.0. The number of hydrogen-bond acceptors (Lipinski definition) is 7. The molecular formula is C10H13ClN6S. The van der Waals surface area contributed by atoms with Crippen LogP contribution in [0.1, 0.15) is 17.8 Å². The molecule has 0 aliphatic carbocycles. The molecule has 0 aromatic carbocycles. The summed E-state index contributed by atoms with van der Waals surface area (Å²) in [6.45, 7) is 2.78. The second-order valence-corrected chi connectivity index (χ2v) is 4.92. The molecular weight excluding hydrogens is 272 g/mol. The van der Waals surface area contributed by atoms with Gasteiger partial charge in [-0.1, -0.05) is 6.92 Å². The highest BCUT2D eigenvalue weighted by molar-refractivity contribution is 7.09. The van der Waals surface area contributed by atoms with Crippen molar-refractivity contribution in [3.63, 3.8) is 0 Å². The molecule has 2 aromatic rings. The summed E-state index contributed by atoms with van der Waals surface area (Å²) in [7, 11) is 1.73. The molecule has 6 nitrogen and oxygen atoms in total. The Morgan fingerprint density at radius 3 is 2.78 bits per heavy atom. The average molecular weight is 285 g/mol. The van der Waals surface area contributed by atoms with Crippen LogP contribution in [0.2, 0.25) is 5.28 Å². The predicted octanol–water partition coefficient (Wildman–Crippen LogP) is 2.24. The number of nitrogens with zero attached hydrogens (tertiary/aromatic N) is 4. The van der Waals surface area contributed by atoms with Crippen molar-refractivity contribution in [2.24, 2.45) is 0 Å². The minimum atomic E-state index is 0.166. The molecule has 2 heterocycles. The van der Waals surface area contributed by atoms with Crippen LogP contribution in [0.15, 0.2) is 11.6 Å². The molecule has 0 aliphatic rings. The highest BCUT2D eigenvalue weighted by Crippen LogP contribution is 2.18. The first-order chi connectivity index (χ1) is 8.69. The Labute approximate surface area is 114 Å². The zero-order valence-corrected chi connectivity index (χ0v) is 11.6. The van der Waals surface area contributed by atoms with Crippen LogP contribution in [0, 0.1) is 0 Å². The number of aromatic nitrogens is 4. The molecule has 0 amide bonds. The van der Waals surface area contributed by atoms with Crippen LogP contribution in [-0.2, 0) is 0 Å². The summed E-state index contributed by atoms with van der Waals surface area (Å²) in [5, 5.41) is 9.16. The smallest absolute Gasteiger partial charge is 0.228 e.